The van der Waals surface area contributed by atoms with Crippen LogP contribution in [-0.2, 0) is 13.6 Å². The smallest absolute Gasteiger partial charge is 0.271 e. The molecule has 0 saturated heterocycles. The molecule has 0 saturated carbocycles. The number of aromatic nitrogens is 4. The van der Waals surface area contributed by atoms with Crippen LogP contribution in [0, 0.1) is 0 Å². The number of carbonyl (C=O) groups excluding carboxylic acids is 1. The molecule has 4 aromatic rings. The maximum absolute atomic E-state index is 12.3. The molecule has 4 rings (SSSR count). The molecule has 0 spiro atoms. The third kappa shape index (κ3) is 2.34. The summed E-state index contributed by atoms with van der Waals surface area (Å²) in [4.78, 5) is 21.1. The molecule has 114 valence electrons. The molecule has 0 atom stereocenters. The van der Waals surface area contributed by atoms with Gasteiger partial charge < -0.3 is 14.3 Å². The van der Waals surface area contributed by atoms with E-state index in [1.807, 2.05) is 64.7 Å². The number of amides is 1. The van der Waals surface area contributed by atoms with E-state index >= 15 is 0 Å². The second-order valence-corrected chi connectivity index (χ2v) is 5.35. The SMILES string of the molecule is Cn1c(CNC(=O)c2cn3ccccc3n2)nc2ccccc21. The van der Waals surface area contributed by atoms with Crippen LogP contribution in [0.1, 0.15) is 16.3 Å². The first-order valence-electron chi connectivity index (χ1n) is 7.34. The van der Waals surface area contributed by atoms with Crippen molar-refractivity contribution in [3.8, 4) is 0 Å². The molecule has 0 unspecified atom stereocenters. The van der Waals surface area contributed by atoms with Crippen LogP contribution in [0.5, 0.6) is 0 Å². The molecule has 1 N–H and O–H groups in total. The summed E-state index contributed by atoms with van der Waals surface area (Å²) < 4.78 is 3.81. The summed E-state index contributed by atoms with van der Waals surface area (Å²) in [6.45, 7) is 0.359. The van der Waals surface area contributed by atoms with Gasteiger partial charge in [-0.25, -0.2) is 9.97 Å². The lowest BCUT2D eigenvalue weighted by molar-refractivity contribution is 0.0945. The zero-order valence-corrected chi connectivity index (χ0v) is 12.6. The Balaban J connectivity index is 1.55. The van der Waals surface area contributed by atoms with Crippen molar-refractivity contribution in [2.75, 3.05) is 0 Å². The van der Waals surface area contributed by atoms with E-state index in [9.17, 15) is 4.79 Å². The summed E-state index contributed by atoms with van der Waals surface area (Å²) in [6.07, 6.45) is 3.59. The predicted molar refractivity (Wildman–Crippen MR) is 87.1 cm³/mol. The van der Waals surface area contributed by atoms with E-state index in [1.165, 1.54) is 0 Å². The summed E-state index contributed by atoms with van der Waals surface area (Å²) >= 11 is 0. The highest BCUT2D eigenvalue weighted by Gasteiger charge is 2.12. The molecular weight excluding hydrogens is 290 g/mol. The number of hydrogen-bond acceptors (Lipinski definition) is 3. The Kier molecular flexibility index (Phi) is 3.08. The van der Waals surface area contributed by atoms with Gasteiger partial charge in [0.25, 0.3) is 5.91 Å². The van der Waals surface area contributed by atoms with Gasteiger partial charge in [0, 0.05) is 19.4 Å². The van der Waals surface area contributed by atoms with Crippen LogP contribution in [0.2, 0.25) is 0 Å². The molecular formula is C17H15N5O. The fourth-order valence-electron chi connectivity index (χ4n) is 2.65. The Hall–Kier alpha value is -3.15. The number of nitrogens with one attached hydrogen (secondary N) is 1. The number of hydrogen-bond donors (Lipinski definition) is 1. The summed E-state index contributed by atoms with van der Waals surface area (Å²) in [7, 11) is 1.95. The largest absolute Gasteiger partial charge is 0.343 e. The van der Waals surface area contributed by atoms with Crippen LogP contribution < -0.4 is 5.32 Å². The van der Waals surface area contributed by atoms with Crippen molar-refractivity contribution in [3.63, 3.8) is 0 Å². The van der Waals surface area contributed by atoms with Crippen molar-refractivity contribution in [1.29, 1.82) is 0 Å². The number of imidazole rings is 2. The van der Waals surface area contributed by atoms with Crippen molar-refractivity contribution in [1.82, 2.24) is 24.3 Å². The normalized spacial score (nSPS) is 11.2. The van der Waals surface area contributed by atoms with Crippen molar-refractivity contribution in [2.24, 2.45) is 7.05 Å². The molecule has 1 amide bonds. The number of pyridine rings is 1. The Morgan fingerprint density at radius 1 is 1.13 bits per heavy atom. The lowest BCUT2D eigenvalue weighted by Crippen LogP contribution is -2.24. The predicted octanol–water partition coefficient (Wildman–Crippen LogP) is 2.15. The van der Waals surface area contributed by atoms with E-state index in [0.29, 0.717) is 12.2 Å². The van der Waals surface area contributed by atoms with Gasteiger partial charge in [-0.1, -0.05) is 18.2 Å². The Morgan fingerprint density at radius 2 is 1.96 bits per heavy atom. The van der Waals surface area contributed by atoms with Gasteiger partial charge in [0.05, 0.1) is 17.6 Å². The topological polar surface area (TPSA) is 64.2 Å². The zero-order chi connectivity index (χ0) is 15.8. The monoisotopic (exact) mass is 305 g/mol. The number of fused-ring (bicyclic) bond motifs is 2. The minimum Gasteiger partial charge on any atom is -0.343 e. The van der Waals surface area contributed by atoms with Crippen LogP contribution in [0.3, 0.4) is 0 Å². The van der Waals surface area contributed by atoms with Gasteiger partial charge in [0.15, 0.2) is 0 Å². The van der Waals surface area contributed by atoms with Crippen LogP contribution in [0.15, 0.2) is 54.9 Å². The van der Waals surface area contributed by atoms with E-state index in [0.717, 1.165) is 22.5 Å². The van der Waals surface area contributed by atoms with Gasteiger partial charge in [-0.3, -0.25) is 4.79 Å². The highest BCUT2D eigenvalue weighted by Crippen LogP contribution is 2.14. The Bertz CT molecular complexity index is 981. The minimum absolute atomic E-state index is 0.208. The first-order valence-corrected chi connectivity index (χ1v) is 7.34. The average molecular weight is 305 g/mol. The van der Waals surface area contributed by atoms with Gasteiger partial charge in [-0.05, 0) is 24.3 Å². The molecule has 0 radical (unpaired) electrons. The van der Waals surface area contributed by atoms with E-state index in [1.54, 1.807) is 6.20 Å². The number of benzene rings is 1. The van der Waals surface area contributed by atoms with E-state index in [2.05, 4.69) is 15.3 Å². The molecule has 0 bridgehead atoms. The van der Waals surface area contributed by atoms with E-state index in [4.69, 9.17) is 0 Å². The molecule has 1 aromatic carbocycles. The summed E-state index contributed by atoms with van der Waals surface area (Å²) in [6, 6.07) is 13.6. The molecule has 0 fully saturated rings. The van der Waals surface area contributed by atoms with Crippen molar-refractivity contribution < 1.29 is 4.79 Å². The first-order chi connectivity index (χ1) is 11.2. The Morgan fingerprint density at radius 3 is 2.78 bits per heavy atom. The van der Waals surface area contributed by atoms with Gasteiger partial charge in [-0.2, -0.15) is 0 Å². The molecule has 6 heteroatoms. The first kappa shape index (κ1) is 13.5. The second kappa shape index (κ2) is 5.24. The fraction of sp³-hybridized carbons (Fsp3) is 0.118. The standard InChI is InChI=1S/C17H15N5O/c1-21-14-7-3-2-6-12(14)19-16(21)10-18-17(23)13-11-22-9-5-4-8-15(22)20-13/h2-9,11H,10H2,1H3,(H,18,23). The third-order valence-corrected chi connectivity index (χ3v) is 3.88. The quantitative estimate of drug-likeness (QED) is 0.631. The maximum atomic E-state index is 12.3. The zero-order valence-electron chi connectivity index (χ0n) is 12.6. The molecule has 0 aliphatic rings. The van der Waals surface area contributed by atoms with Crippen LogP contribution in [-0.4, -0.2) is 24.8 Å². The molecule has 23 heavy (non-hydrogen) atoms. The van der Waals surface area contributed by atoms with Crippen LogP contribution in [0.25, 0.3) is 16.7 Å². The highest BCUT2D eigenvalue weighted by molar-refractivity contribution is 5.92. The number of para-hydroxylation sites is 2. The highest BCUT2D eigenvalue weighted by atomic mass is 16.1. The number of rotatable bonds is 3. The van der Waals surface area contributed by atoms with Crippen molar-refractivity contribution in [3.05, 3.63) is 66.4 Å². The number of carbonyl (C=O) groups is 1. The van der Waals surface area contributed by atoms with E-state index < -0.39 is 0 Å². The van der Waals surface area contributed by atoms with Gasteiger partial charge in [0.2, 0.25) is 0 Å². The van der Waals surface area contributed by atoms with Crippen molar-refractivity contribution in [2.45, 2.75) is 6.54 Å². The van der Waals surface area contributed by atoms with Crippen LogP contribution in [0.4, 0.5) is 0 Å². The fourth-order valence-corrected chi connectivity index (χ4v) is 2.65. The van der Waals surface area contributed by atoms with Gasteiger partial charge >= 0.3 is 0 Å². The number of nitrogens with zero attached hydrogens (tertiary/aromatic N) is 4. The van der Waals surface area contributed by atoms with Gasteiger partial charge in [-0.15, -0.1) is 0 Å². The molecule has 6 nitrogen and oxygen atoms in total. The molecule has 3 heterocycles. The second-order valence-electron chi connectivity index (χ2n) is 5.35. The summed E-state index contributed by atoms with van der Waals surface area (Å²) in [5, 5.41) is 2.88. The average Bonchev–Trinajstić information content (AvgIpc) is 3.15. The summed E-state index contributed by atoms with van der Waals surface area (Å²) in [5.41, 5.74) is 3.12. The van der Waals surface area contributed by atoms with Crippen molar-refractivity contribution >= 4 is 22.6 Å². The minimum atomic E-state index is -0.208. The van der Waals surface area contributed by atoms with E-state index in [-0.39, 0.29) is 5.91 Å². The van der Waals surface area contributed by atoms with Crippen LogP contribution >= 0.6 is 0 Å². The Labute approximate surface area is 132 Å². The lowest BCUT2D eigenvalue weighted by atomic mass is 10.3. The molecule has 0 aliphatic carbocycles. The third-order valence-electron chi connectivity index (χ3n) is 3.88. The number of aryl methyl sites for hydroxylation is 1. The lowest BCUT2D eigenvalue weighted by Gasteiger charge is -2.03. The molecule has 3 aromatic heterocycles. The molecule has 0 aliphatic heterocycles. The maximum Gasteiger partial charge on any atom is 0.271 e. The summed E-state index contributed by atoms with van der Waals surface area (Å²) in [5.74, 6) is 0.601. The van der Waals surface area contributed by atoms with Gasteiger partial charge in [0.1, 0.15) is 17.2 Å².